The van der Waals surface area contributed by atoms with Crippen LogP contribution in [0.1, 0.15) is 49.5 Å². The molecule has 5 aromatic rings. The third-order valence-corrected chi connectivity index (χ3v) is 10.7. The highest BCUT2D eigenvalue weighted by atomic mass is 19.4. The lowest BCUT2D eigenvalue weighted by Gasteiger charge is -2.27. The molecule has 1 atom stereocenters. The Morgan fingerprint density at radius 1 is 0.758 bits per heavy atom. The molecular formula is C45H50F3N7O11. The molecule has 2 aliphatic rings. The first-order valence-electron chi connectivity index (χ1n) is 21.4. The van der Waals surface area contributed by atoms with Gasteiger partial charge in [-0.3, -0.25) is 43.4 Å². The molecule has 0 radical (unpaired) electrons. The lowest BCUT2D eigenvalue weighted by molar-refractivity contribution is -0.138. The Morgan fingerprint density at radius 3 is 1.97 bits per heavy atom. The standard InChI is InChI=1S/C45H50F3N7O11/c1-53-28-34-33-27-29(5-10-36(33)54(40(34)52-53)31-8-6-30(7-9-31)45(46,47)48)41(57)50-14-16-62-18-20-64-22-24-66-26-25-65-23-21-63-19-17-61-15-13-49-35-4-2-3-32-39(35)44(60)55(43(32)59)37-11-12-38(56)51-42(37)58/h2-10,27-28,37,49H,11-26H2,1H3,(H,50,57)(H,51,56,58). The van der Waals surface area contributed by atoms with Crippen LogP contribution in [0, 0.1) is 0 Å². The molecule has 0 aliphatic carbocycles. The van der Waals surface area contributed by atoms with Gasteiger partial charge in [0.15, 0.2) is 5.65 Å². The number of piperidine rings is 1. The fourth-order valence-corrected chi connectivity index (χ4v) is 7.56. The van der Waals surface area contributed by atoms with E-state index in [2.05, 4.69) is 21.0 Å². The molecule has 66 heavy (non-hydrogen) atoms. The summed E-state index contributed by atoms with van der Waals surface area (Å²) in [7, 11) is 1.75. The summed E-state index contributed by atoms with van der Waals surface area (Å²) in [4.78, 5) is 64.0. The van der Waals surface area contributed by atoms with Crippen molar-refractivity contribution in [1.29, 1.82) is 0 Å². The second-order valence-electron chi connectivity index (χ2n) is 15.2. The summed E-state index contributed by atoms with van der Waals surface area (Å²) in [6.07, 6.45) is -2.50. The number of fused-ring (bicyclic) bond motifs is 4. The average Bonchev–Trinajstić information content (AvgIpc) is 3.90. The van der Waals surface area contributed by atoms with E-state index in [0.717, 1.165) is 27.8 Å². The summed E-state index contributed by atoms with van der Waals surface area (Å²) >= 11 is 0. The number of benzene rings is 3. The van der Waals surface area contributed by atoms with Crippen molar-refractivity contribution in [1.82, 2.24) is 29.9 Å². The van der Waals surface area contributed by atoms with Gasteiger partial charge < -0.3 is 39.1 Å². The zero-order valence-electron chi connectivity index (χ0n) is 36.2. The number of rotatable bonds is 25. The van der Waals surface area contributed by atoms with E-state index in [0.29, 0.717) is 107 Å². The van der Waals surface area contributed by atoms with Crippen molar-refractivity contribution in [3.63, 3.8) is 0 Å². The molecule has 4 heterocycles. The van der Waals surface area contributed by atoms with Gasteiger partial charge in [-0.2, -0.15) is 18.3 Å². The number of carbonyl (C=O) groups excluding carboxylic acids is 5. The third kappa shape index (κ3) is 11.6. The summed E-state index contributed by atoms with van der Waals surface area (Å²) in [6, 6.07) is 13.9. The lowest BCUT2D eigenvalue weighted by Crippen LogP contribution is -2.54. The van der Waals surface area contributed by atoms with Gasteiger partial charge in [-0.15, -0.1) is 0 Å². The molecule has 1 saturated heterocycles. The number of halogens is 3. The van der Waals surface area contributed by atoms with E-state index >= 15 is 0 Å². The number of imide groups is 2. The molecule has 7 rings (SSSR count). The van der Waals surface area contributed by atoms with Gasteiger partial charge >= 0.3 is 6.18 Å². The number of aryl methyl sites for hydroxylation is 1. The predicted octanol–water partition coefficient (Wildman–Crippen LogP) is 3.88. The molecule has 0 spiro atoms. The van der Waals surface area contributed by atoms with E-state index < -0.39 is 41.4 Å². The van der Waals surface area contributed by atoms with Crippen molar-refractivity contribution in [2.24, 2.45) is 7.05 Å². The number of aromatic nitrogens is 3. The number of ether oxygens (including phenoxy) is 6. The highest BCUT2D eigenvalue weighted by molar-refractivity contribution is 6.25. The predicted molar refractivity (Wildman–Crippen MR) is 231 cm³/mol. The smallest absolute Gasteiger partial charge is 0.382 e. The van der Waals surface area contributed by atoms with Gasteiger partial charge in [0.1, 0.15) is 6.04 Å². The molecule has 1 fully saturated rings. The third-order valence-electron chi connectivity index (χ3n) is 10.7. The van der Waals surface area contributed by atoms with Gasteiger partial charge in [-0.1, -0.05) is 6.07 Å². The minimum Gasteiger partial charge on any atom is -0.382 e. The van der Waals surface area contributed by atoms with Crippen LogP contribution >= 0.6 is 0 Å². The minimum absolute atomic E-state index is 0.0495. The van der Waals surface area contributed by atoms with Crippen LogP contribution in [0.5, 0.6) is 0 Å². The Kier molecular flexibility index (Phi) is 16.1. The molecule has 1 unspecified atom stereocenters. The number of nitrogens with zero attached hydrogens (tertiary/aromatic N) is 4. The van der Waals surface area contributed by atoms with Gasteiger partial charge in [0.05, 0.1) is 101 Å². The molecule has 0 saturated carbocycles. The summed E-state index contributed by atoms with van der Waals surface area (Å²) < 4.78 is 76.1. The van der Waals surface area contributed by atoms with Crippen molar-refractivity contribution >= 4 is 57.2 Å². The van der Waals surface area contributed by atoms with Gasteiger partial charge in [0.25, 0.3) is 17.7 Å². The second-order valence-corrected chi connectivity index (χ2v) is 15.2. The van der Waals surface area contributed by atoms with E-state index in [1.807, 2.05) is 0 Å². The maximum Gasteiger partial charge on any atom is 0.416 e. The van der Waals surface area contributed by atoms with Crippen molar-refractivity contribution in [3.8, 4) is 5.69 Å². The highest BCUT2D eigenvalue weighted by Gasteiger charge is 2.45. The molecule has 2 aliphatic heterocycles. The first-order chi connectivity index (χ1) is 31.9. The Bertz CT molecular complexity index is 2530. The lowest BCUT2D eigenvalue weighted by atomic mass is 10.0. The quantitative estimate of drug-likeness (QED) is 0.0563. The molecule has 0 bridgehead atoms. The van der Waals surface area contributed by atoms with Crippen molar-refractivity contribution in [2.75, 3.05) is 97.7 Å². The molecule has 352 valence electrons. The van der Waals surface area contributed by atoms with Crippen LogP contribution in [0.25, 0.3) is 27.6 Å². The molecule has 3 N–H and O–H groups in total. The Hall–Kier alpha value is -6.23. The number of hydrogen-bond acceptors (Lipinski definition) is 13. The van der Waals surface area contributed by atoms with Crippen LogP contribution < -0.4 is 16.0 Å². The van der Waals surface area contributed by atoms with Crippen molar-refractivity contribution in [3.05, 3.63) is 89.1 Å². The topological polar surface area (TPSA) is 203 Å². The largest absolute Gasteiger partial charge is 0.416 e. The molecule has 5 amide bonds. The minimum atomic E-state index is -4.45. The SMILES string of the molecule is Cn1cc2c3cc(C(=O)NCCOCCOCCOCCOCCOCCOCCNc4cccc5c4C(=O)N(C4CCC(=O)NC4=O)C5=O)ccc3n(-c3ccc(C(F)(F)F)cc3)c2n1. The summed E-state index contributed by atoms with van der Waals surface area (Å²) in [5, 5.41) is 14.2. The van der Waals surface area contributed by atoms with Gasteiger partial charge in [-0.05, 0) is 61.0 Å². The number of carbonyl (C=O) groups is 5. The van der Waals surface area contributed by atoms with Gasteiger partial charge in [0.2, 0.25) is 11.8 Å². The fraction of sp³-hybridized carbons (Fsp3) is 0.422. The van der Waals surface area contributed by atoms with E-state index in [9.17, 15) is 37.1 Å². The second kappa shape index (κ2) is 22.3. The van der Waals surface area contributed by atoms with Crippen LogP contribution in [-0.4, -0.2) is 147 Å². The van der Waals surface area contributed by atoms with Gasteiger partial charge in [-0.25, -0.2) is 0 Å². The zero-order chi connectivity index (χ0) is 46.6. The van der Waals surface area contributed by atoms with E-state index in [1.54, 1.807) is 52.8 Å². The Labute approximate surface area is 376 Å². The average molecular weight is 922 g/mol. The highest BCUT2D eigenvalue weighted by Crippen LogP contribution is 2.35. The summed E-state index contributed by atoms with van der Waals surface area (Å²) in [5.41, 5.74) is 2.31. The first kappa shape index (κ1) is 47.7. The van der Waals surface area contributed by atoms with Crippen molar-refractivity contribution < 1.29 is 65.6 Å². The van der Waals surface area contributed by atoms with E-state index in [1.165, 1.54) is 18.2 Å². The zero-order valence-corrected chi connectivity index (χ0v) is 36.2. The fourth-order valence-electron chi connectivity index (χ4n) is 7.56. The van der Waals surface area contributed by atoms with Crippen LogP contribution in [0.15, 0.2) is 66.9 Å². The molecule has 3 aromatic carbocycles. The van der Waals surface area contributed by atoms with Gasteiger partial charge in [0, 0.05) is 60.5 Å². The number of amides is 5. The van der Waals surface area contributed by atoms with E-state index in [4.69, 9.17) is 28.4 Å². The summed E-state index contributed by atoms with van der Waals surface area (Å²) in [5.74, 6) is -2.53. The molecule has 18 nitrogen and oxygen atoms in total. The molecular weight excluding hydrogens is 872 g/mol. The maximum absolute atomic E-state index is 13.2. The number of nitrogens with one attached hydrogen (secondary N) is 3. The maximum atomic E-state index is 13.2. The monoisotopic (exact) mass is 921 g/mol. The number of anilines is 1. The van der Waals surface area contributed by atoms with E-state index in [-0.39, 0.29) is 43.0 Å². The normalized spacial score (nSPS) is 15.3. The summed E-state index contributed by atoms with van der Waals surface area (Å²) in [6.45, 7) is 4.90. The number of alkyl halides is 3. The number of hydrogen-bond donors (Lipinski definition) is 3. The first-order valence-corrected chi connectivity index (χ1v) is 21.4. The van der Waals surface area contributed by atoms with Crippen LogP contribution in [0.3, 0.4) is 0 Å². The van der Waals surface area contributed by atoms with Crippen LogP contribution in [0.4, 0.5) is 18.9 Å². The Balaban J connectivity index is 0.668. The van der Waals surface area contributed by atoms with Crippen LogP contribution in [0.2, 0.25) is 0 Å². The van der Waals surface area contributed by atoms with Crippen molar-refractivity contribution in [2.45, 2.75) is 25.1 Å². The molecule has 21 heteroatoms. The Morgan fingerprint density at radius 2 is 1.36 bits per heavy atom. The molecule has 2 aromatic heterocycles. The van der Waals surface area contributed by atoms with Crippen LogP contribution in [-0.2, 0) is 51.2 Å².